The van der Waals surface area contributed by atoms with E-state index in [0.29, 0.717) is 0 Å². The minimum absolute atomic E-state index is 0.767. The molecule has 0 amide bonds. The van der Waals surface area contributed by atoms with Crippen molar-refractivity contribution in [2.45, 2.75) is 19.9 Å². The van der Waals surface area contributed by atoms with Crippen LogP contribution in [0.1, 0.15) is 18.9 Å². The Kier molecular flexibility index (Phi) is 4.38. The Bertz CT molecular complexity index is 442. The lowest BCUT2D eigenvalue weighted by Gasteiger charge is -2.07. The average Bonchev–Trinajstić information content (AvgIpc) is 2.87. The van der Waals surface area contributed by atoms with Gasteiger partial charge in [-0.3, -0.25) is 0 Å². The summed E-state index contributed by atoms with van der Waals surface area (Å²) in [7, 11) is 0. The molecular weight excluding hydrogens is 232 g/mol. The topological polar surface area (TPSA) is 34.1 Å². The van der Waals surface area contributed by atoms with E-state index in [1.165, 1.54) is 5.56 Å². The van der Waals surface area contributed by atoms with Crippen LogP contribution in [-0.2, 0) is 6.54 Å². The Morgan fingerprint density at radius 3 is 3.12 bits per heavy atom. The van der Waals surface area contributed by atoms with Gasteiger partial charge < -0.3 is 10.1 Å². The zero-order valence-electron chi connectivity index (χ0n) is 9.85. The number of aromatic nitrogens is 1. The predicted molar refractivity (Wildman–Crippen MR) is 71.7 cm³/mol. The van der Waals surface area contributed by atoms with Gasteiger partial charge in [-0.05, 0) is 24.1 Å². The zero-order valence-corrected chi connectivity index (χ0v) is 10.7. The average molecular weight is 248 g/mol. The van der Waals surface area contributed by atoms with E-state index in [1.807, 2.05) is 17.5 Å². The second-order valence-electron chi connectivity index (χ2n) is 3.69. The van der Waals surface area contributed by atoms with Crippen molar-refractivity contribution in [3.8, 4) is 5.75 Å². The fourth-order valence-corrected chi connectivity index (χ4v) is 1.98. The molecule has 1 heterocycles. The molecule has 4 heteroatoms. The molecule has 0 fully saturated rings. The highest BCUT2D eigenvalue weighted by Crippen LogP contribution is 2.16. The van der Waals surface area contributed by atoms with Crippen molar-refractivity contribution in [1.82, 2.24) is 4.98 Å². The van der Waals surface area contributed by atoms with Gasteiger partial charge in [-0.2, -0.15) is 0 Å². The molecule has 0 unspecified atom stereocenters. The van der Waals surface area contributed by atoms with Crippen molar-refractivity contribution in [3.63, 3.8) is 0 Å². The first kappa shape index (κ1) is 11.9. The molecule has 3 nitrogen and oxygen atoms in total. The molecule has 0 aliphatic heterocycles. The molecule has 0 aliphatic rings. The summed E-state index contributed by atoms with van der Waals surface area (Å²) in [4.78, 5) is 4.18. The van der Waals surface area contributed by atoms with Crippen molar-refractivity contribution in [1.29, 1.82) is 0 Å². The van der Waals surface area contributed by atoms with E-state index >= 15 is 0 Å². The minimum atomic E-state index is 0.767. The lowest BCUT2D eigenvalue weighted by molar-refractivity contribution is 0.317. The Labute approximate surface area is 105 Å². The van der Waals surface area contributed by atoms with Crippen LogP contribution in [0.15, 0.2) is 35.8 Å². The maximum absolute atomic E-state index is 5.59. The second kappa shape index (κ2) is 6.25. The maximum Gasteiger partial charge on any atom is 0.182 e. The van der Waals surface area contributed by atoms with Gasteiger partial charge in [0.1, 0.15) is 5.75 Å². The van der Waals surface area contributed by atoms with Crippen molar-refractivity contribution in [3.05, 3.63) is 41.4 Å². The van der Waals surface area contributed by atoms with E-state index in [0.717, 1.165) is 30.5 Å². The molecular formula is C13H16N2OS. The van der Waals surface area contributed by atoms with Gasteiger partial charge in [-0.25, -0.2) is 4.98 Å². The smallest absolute Gasteiger partial charge is 0.182 e. The van der Waals surface area contributed by atoms with Crippen LogP contribution in [0.5, 0.6) is 5.75 Å². The number of nitrogens with one attached hydrogen (secondary N) is 1. The monoisotopic (exact) mass is 248 g/mol. The van der Waals surface area contributed by atoms with E-state index in [2.05, 4.69) is 29.4 Å². The van der Waals surface area contributed by atoms with Crippen LogP contribution < -0.4 is 10.1 Å². The molecule has 0 saturated carbocycles. The number of ether oxygens (including phenoxy) is 1. The molecule has 0 radical (unpaired) electrons. The highest BCUT2D eigenvalue weighted by Gasteiger charge is 1.98. The molecule has 90 valence electrons. The molecule has 1 N–H and O–H groups in total. The highest BCUT2D eigenvalue weighted by molar-refractivity contribution is 7.13. The summed E-state index contributed by atoms with van der Waals surface area (Å²) in [5.74, 6) is 0.935. The predicted octanol–water partition coefficient (Wildman–Crippen LogP) is 3.54. The number of anilines is 1. The summed E-state index contributed by atoms with van der Waals surface area (Å²) in [6, 6.07) is 8.15. The van der Waals surface area contributed by atoms with Crippen molar-refractivity contribution >= 4 is 16.5 Å². The zero-order chi connectivity index (χ0) is 11.9. The van der Waals surface area contributed by atoms with E-state index in [1.54, 1.807) is 17.5 Å². The van der Waals surface area contributed by atoms with E-state index in [9.17, 15) is 0 Å². The standard InChI is InChI=1S/C13H16N2OS/c1-2-7-16-12-5-3-4-11(9-12)10-15-13-14-6-8-17-13/h3-6,8-9H,2,7,10H2,1H3,(H,14,15). The van der Waals surface area contributed by atoms with Gasteiger partial charge >= 0.3 is 0 Å². The van der Waals surface area contributed by atoms with Gasteiger partial charge in [-0.15, -0.1) is 11.3 Å². The van der Waals surface area contributed by atoms with Gasteiger partial charge in [0.05, 0.1) is 6.61 Å². The molecule has 2 rings (SSSR count). The van der Waals surface area contributed by atoms with E-state index < -0.39 is 0 Å². The summed E-state index contributed by atoms with van der Waals surface area (Å²) in [6.45, 7) is 3.65. The molecule has 0 saturated heterocycles. The Morgan fingerprint density at radius 2 is 2.35 bits per heavy atom. The van der Waals surface area contributed by atoms with Crippen LogP contribution in [0, 0.1) is 0 Å². The molecule has 1 aromatic heterocycles. The Hall–Kier alpha value is -1.55. The Morgan fingerprint density at radius 1 is 1.41 bits per heavy atom. The maximum atomic E-state index is 5.59. The lowest BCUT2D eigenvalue weighted by Crippen LogP contribution is -2.00. The minimum Gasteiger partial charge on any atom is -0.494 e. The molecule has 0 spiro atoms. The molecule has 0 aliphatic carbocycles. The highest BCUT2D eigenvalue weighted by atomic mass is 32.1. The molecule has 0 bridgehead atoms. The fourth-order valence-electron chi connectivity index (χ4n) is 1.45. The first-order chi connectivity index (χ1) is 8.38. The van der Waals surface area contributed by atoms with Crippen molar-refractivity contribution < 1.29 is 4.74 Å². The van der Waals surface area contributed by atoms with Crippen molar-refractivity contribution in [2.24, 2.45) is 0 Å². The summed E-state index contributed by atoms with van der Waals surface area (Å²) >= 11 is 1.61. The van der Waals surface area contributed by atoms with Crippen LogP contribution >= 0.6 is 11.3 Å². The van der Waals surface area contributed by atoms with Gasteiger partial charge in [0, 0.05) is 18.1 Å². The molecule has 0 atom stereocenters. The fraction of sp³-hybridized carbons (Fsp3) is 0.308. The second-order valence-corrected chi connectivity index (χ2v) is 4.58. The Balaban J connectivity index is 1.91. The SMILES string of the molecule is CCCOc1cccc(CNc2nccs2)c1. The van der Waals surface area contributed by atoms with Gasteiger partial charge in [0.15, 0.2) is 5.13 Å². The normalized spacial score (nSPS) is 10.2. The number of benzene rings is 1. The molecule has 2 aromatic rings. The quantitative estimate of drug-likeness (QED) is 0.849. The summed E-state index contributed by atoms with van der Waals surface area (Å²) in [5.41, 5.74) is 1.20. The number of hydrogen-bond donors (Lipinski definition) is 1. The summed E-state index contributed by atoms with van der Waals surface area (Å²) in [6.07, 6.45) is 2.83. The van der Waals surface area contributed by atoms with Gasteiger partial charge in [0.25, 0.3) is 0 Å². The number of nitrogens with zero attached hydrogens (tertiary/aromatic N) is 1. The van der Waals surface area contributed by atoms with Gasteiger partial charge in [-0.1, -0.05) is 19.1 Å². The summed E-state index contributed by atoms with van der Waals surface area (Å²) in [5, 5.41) is 6.19. The van der Waals surface area contributed by atoms with E-state index in [-0.39, 0.29) is 0 Å². The molecule has 1 aromatic carbocycles. The largest absolute Gasteiger partial charge is 0.494 e. The van der Waals surface area contributed by atoms with Gasteiger partial charge in [0.2, 0.25) is 0 Å². The van der Waals surface area contributed by atoms with Crippen LogP contribution in [0.4, 0.5) is 5.13 Å². The summed E-state index contributed by atoms with van der Waals surface area (Å²) < 4.78 is 5.59. The number of thiazole rings is 1. The number of rotatable bonds is 6. The van der Waals surface area contributed by atoms with Crippen molar-refractivity contribution in [2.75, 3.05) is 11.9 Å². The first-order valence-electron chi connectivity index (χ1n) is 5.73. The van der Waals surface area contributed by atoms with Crippen LogP contribution in [0.2, 0.25) is 0 Å². The van der Waals surface area contributed by atoms with Crippen LogP contribution in [0.3, 0.4) is 0 Å². The third-order valence-electron chi connectivity index (χ3n) is 2.25. The molecule has 17 heavy (non-hydrogen) atoms. The third-order valence-corrected chi connectivity index (χ3v) is 2.98. The first-order valence-corrected chi connectivity index (χ1v) is 6.61. The van der Waals surface area contributed by atoms with Crippen LogP contribution in [-0.4, -0.2) is 11.6 Å². The number of hydrogen-bond acceptors (Lipinski definition) is 4. The van der Waals surface area contributed by atoms with Crippen LogP contribution in [0.25, 0.3) is 0 Å². The van der Waals surface area contributed by atoms with E-state index in [4.69, 9.17) is 4.74 Å². The lowest BCUT2D eigenvalue weighted by atomic mass is 10.2. The third kappa shape index (κ3) is 3.75.